The van der Waals surface area contributed by atoms with Crippen LogP contribution in [0.25, 0.3) is 0 Å². The average molecular weight is 488 g/mol. The molecule has 0 aliphatic rings. The topological polar surface area (TPSA) is 153 Å². The lowest BCUT2D eigenvalue weighted by Crippen LogP contribution is -2.17. The van der Waals surface area contributed by atoms with Crippen LogP contribution in [-0.4, -0.2) is 45.3 Å². The van der Waals surface area contributed by atoms with Gasteiger partial charge in [-0.2, -0.15) is 0 Å². The molecule has 2 N–H and O–H groups in total. The number of ether oxygens (including phenoxy) is 1. The van der Waals surface area contributed by atoms with Gasteiger partial charge in [-0.25, -0.2) is 4.79 Å². The summed E-state index contributed by atoms with van der Waals surface area (Å²) in [5.41, 5.74) is 0.702. The smallest absolute Gasteiger partial charge is 0.340 e. The summed E-state index contributed by atoms with van der Waals surface area (Å²) in [6, 6.07) is 11.7. The summed E-state index contributed by atoms with van der Waals surface area (Å²) in [6.07, 6.45) is 0. The van der Waals surface area contributed by atoms with Crippen LogP contribution in [0, 0.1) is 10.1 Å². The number of nitrogens with zero attached hydrogens (tertiary/aromatic N) is 3. The highest BCUT2D eigenvalue weighted by atomic mass is 32.2. The molecular formula is C20H17N5O6S2. The zero-order valence-electron chi connectivity index (χ0n) is 17.1. The van der Waals surface area contributed by atoms with E-state index in [1.54, 1.807) is 31.2 Å². The Morgan fingerprint density at radius 3 is 2.52 bits per heavy atom. The highest BCUT2D eigenvalue weighted by molar-refractivity contribution is 8.01. The predicted molar refractivity (Wildman–Crippen MR) is 123 cm³/mol. The number of carbonyl (C=O) groups excluding carboxylic acids is 3. The molecular weight excluding hydrogens is 470 g/mol. The van der Waals surface area contributed by atoms with Gasteiger partial charge < -0.3 is 10.1 Å². The van der Waals surface area contributed by atoms with Crippen molar-refractivity contribution in [3.05, 3.63) is 69.8 Å². The van der Waals surface area contributed by atoms with Crippen LogP contribution in [0.3, 0.4) is 0 Å². The summed E-state index contributed by atoms with van der Waals surface area (Å²) < 4.78 is 5.43. The van der Waals surface area contributed by atoms with Crippen LogP contribution in [0.1, 0.15) is 27.6 Å². The van der Waals surface area contributed by atoms with Crippen molar-refractivity contribution >= 4 is 57.4 Å². The van der Waals surface area contributed by atoms with Crippen LogP contribution in [0.5, 0.6) is 0 Å². The lowest BCUT2D eigenvalue weighted by Gasteiger charge is -2.09. The number of thioether (sulfide) groups is 1. The number of carbonyl (C=O) groups is 3. The van der Waals surface area contributed by atoms with Crippen LogP contribution >= 0.6 is 23.1 Å². The first-order valence-electron chi connectivity index (χ1n) is 9.45. The fourth-order valence-electron chi connectivity index (χ4n) is 2.51. The summed E-state index contributed by atoms with van der Waals surface area (Å²) in [4.78, 5) is 46.7. The van der Waals surface area contributed by atoms with Gasteiger partial charge in [-0.3, -0.25) is 25.0 Å². The van der Waals surface area contributed by atoms with E-state index in [1.165, 1.54) is 24.3 Å². The zero-order chi connectivity index (χ0) is 23.8. The molecule has 3 rings (SSSR count). The Hall–Kier alpha value is -3.84. The van der Waals surface area contributed by atoms with Gasteiger partial charge in [-0.05, 0) is 31.2 Å². The number of nitrogens with one attached hydrogen (secondary N) is 2. The molecule has 0 atom stereocenters. The molecule has 170 valence electrons. The summed E-state index contributed by atoms with van der Waals surface area (Å²) in [6.45, 7) is 1.91. The van der Waals surface area contributed by atoms with Gasteiger partial charge in [0.25, 0.3) is 11.6 Å². The number of non-ortho nitro benzene ring substituents is 1. The van der Waals surface area contributed by atoms with Crippen molar-refractivity contribution in [3.8, 4) is 0 Å². The molecule has 2 amide bonds. The lowest BCUT2D eigenvalue weighted by atomic mass is 10.2. The van der Waals surface area contributed by atoms with Crippen molar-refractivity contribution in [3.63, 3.8) is 0 Å². The van der Waals surface area contributed by atoms with Crippen molar-refractivity contribution in [1.82, 2.24) is 10.2 Å². The second-order valence-electron chi connectivity index (χ2n) is 6.23. The molecule has 0 fully saturated rings. The molecule has 13 heteroatoms. The van der Waals surface area contributed by atoms with Gasteiger partial charge in [0.15, 0.2) is 4.34 Å². The van der Waals surface area contributed by atoms with E-state index in [0.29, 0.717) is 10.0 Å². The van der Waals surface area contributed by atoms with Gasteiger partial charge >= 0.3 is 5.97 Å². The Bertz CT molecular complexity index is 1180. The molecule has 11 nitrogen and oxygen atoms in total. The first-order chi connectivity index (χ1) is 15.9. The molecule has 0 bridgehead atoms. The number of nitro groups is 1. The monoisotopic (exact) mass is 487 g/mol. The number of hydrogen-bond acceptors (Lipinski definition) is 10. The number of nitro benzene ring substituents is 1. The SMILES string of the molecule is CCOC(=O)c1ccccc1NC(=O)CSc1nnc(NC(=O)c2ccc([N+](=O)[O-])cc2)s1. The Morgan fingerprint density at radius 2 is 1.82 bits per heavy atom. The fourth-order valence-corrected chi connectivity index (χ4v) is 4.06. The van der Waals surface area contributed by atoms with Gasteiger partial charge in [0.1, 0.15) is 0 Å². The van der Waals surface area contributed by atoms with E-state index in [9.17, 15) is 24.5 Å². The van der Waals surface area contributed by atoms with Gasteiger partial charge in [-0.1, -0.05) is 35.2 Å². The summed E-state index contributed by atoms with van der Waals surface area (Å²) in [5, 5.41) is 23.9. The number of rotatable bonds is 9. The minimum Gasteiger partial charge on any atom is -0.462 e. The minimum atomic E-state index is -0.554. The molecule has 2 aromatic carbocycles. The number of benzene rings is 2. The quantitative estimate of drug-likeness (QED) is 0.151. The normalized spacial score (nSPS) is 10.3. The Kier molecular flexibility index (Phi) is 8.05. The molecule has 33 heavy (non-hydrogen) atoms. The molecule has 0 aliphatic heterocycles. The molecule has 0 aliphatic carbocycles. The van der Waals surface area contributed by atoms with E-state index in [2.05, 4.69) is 20.8 Å². The van der Waals surface area contributed by atoms with Crippen molar-refractivity contribution in [2.75, 3.05) is 23.0 Å². The number of aromatic nitrogens is 2. The lowest BCUT2D eigenvalue weighted by molar-refractivity contribution is -0.384. The van der Waals surface area contributed by atoms with Gasteiger partial charge in [-0.15, -0.1) is 10.2 Å². The molecule has 3 aromatic rings. The number of para-hydroxylation sites is 1. The summed E-state index contributed by atoms with van der Waals surface area (Å²) in [5.74, 6) is -1.38. The van der Waals surface area contributed by atoms with Gasteiger partial charge in [0.2, 0.25) is 11.0 Å². The van der Waals surface area contributed by atoms with Crippen molar-refractivity contribution < 1.29 is 24.0 Å². The fraction of sp³-hybridized carbons (Fsp3) is 0.150. The van der Waals surface area contributed by atoms with Crippen molar-refractivity contribution in [1.29, 1.82) is 0 Å². The third kappa shape index (κ3) is 6.57. The molecule has 0 spiro atoms. The van der Waals surface area contributed by atoms with E-state index in [1.807, 2.05) is 0 Å². The van der Waals surface area contributed by atoms with Crippen LogP contribution < -0.4 is 10.6 Å². The van der Waals surface area contributed by atoms with Crippen molar-refractivity contribution in [2.45, 2.75) is 11.3 Å². The summed E-state index contributed by atoms with van der Waals surface area (Å²) >= 11 is 2.18. The molecule has 0 saturated heterocycles. The standard InChI is InChI=1S/C20H17N5O6S2/c1-2-31-18(28)14-5-3-4-6-15(14)21-16(26)11-32-20-24-23-19(33-20)22-17(27)12-7-9-13(10-8-12)25(29)30/h3-10H,2,11H2,1H3,(H,21,26)(H,22,23,27). The first-order valence-corrected chi connectivity index (χ1v) is 11.3. The van der Waals surface area contributed by atoms with Gasteiger partial charge in [0, 0.05) is 17.7 Å². The highest BCUT2D eigenvalue weighted by Crippen LogP contribution is 2.26. The maximum absolute atomic E-state index is 12.3. The van der Waals surface area contributed by atoms with E-state index in [-0.39, 0.29) is 40.2 Å². The molecule has 0 radical (unpaired) electrons. The van der Waals surface area contributed by atoms with Crippen molar-refractivity contribution in [2.24, 2.45) is 0 Å². The Morgan fingerprint density at radius 1 is 1.09 bits per heavy atom. The Balaban J connectivity index is 1.54. The number of amides is 2. The van der Waals surface area contributed by atoms with Crippen LogP contribution in [0.15, 0.2) is 52.9 Å². The Labute approximate surface area is 195 Å². The van der Waals surface area contributed by atoms with E-state index >= 15 is 0 Å². The highest BCUT2D eigenvalue weighted by Gasteiger charge is 2.16. The number of esters is 1. The molecule has 1 aromatic heterocycles. The molecule has 1 heterocycles. The molecule has 0 saturated carbocycles. The van der Waals surface area contributed by atoms with E-state index in [0.717, 1.165) is 23.1 Å². The van der Waals surface area contributed by atoms with E-state index < -0.39 is 16.8 Å². The van der Waals surface area contributed by atoms with Crippen LogP contribution in [0.2, 0.25) is 0 Å². The number of hydrogen-bond donors (Lipinski definition) is 2. The largest absolute Gasteiger partial charge is 0.462 e. The predicted octanol–water partition coefficient (Wildman–Crippen LogP) is 3.61. The maximum atomic E-state index is 12.3. The second kappa shape index (κ2) is 11.2. The number of anilines is 2. The average Bonchev–Trinajstić information content (AvgIpc) is 3.25. The van der Waals surface area contributed by atoms with E-state index in [4.69, 9.17) is 4.74 Å². The zero-order valence-corrected chi connectivity index (χ0v) is 18.8. The molecule has 0 unspecified atom stereocenters. The maximum Gasteiger partial charge on any atom is 0.340 e. The minimum absolute atomic E-state index is 0.00208. The third-order valence-corrected chi connectivity index (χ3v) is 5.96. The third-order valence-electron chi connectivity index (χ3n) is 3.99. The summed E-state index contributed by atoms with van der Waals surface area (Å²) in [7, 11) is 0. The second-order valence-corrected chi connectivity index (χ2v) is 8.43. The van der Waals surface area contributed by atoms with Gasteiger partial charge in [0.05, 0.1) is 28.5 Å². The van der Waals surface area contributed by atoms with Crippen LogP contribution in [0.4, 0.5) is 16.5 Å². The first kappa shape index (κ1) is 23.8. The van der Waals surface area contributed by atoms with Crippen LogP contribution in [-0.2, 0) is 9.53 Å².